The summed E-state index contributed by atoms with van der Waals surface area (Å²) in [6.07, 6.45) is 8.35. The summed E-state index contributed by atoms with van der Waals surface area (Å²) in [7, 11) is 0. The Hall–Kier alpha value is -1.57. The summed E-state index contributed by atoms with van der Waals surface area (Å²) >= 11 is 3.41. The predicted molar refractivity (Wildman–Crippen MR) is 91.7 cm³/mol. The molecule has 0 spiro atoms. The first-order valence-corrected chi connectivity index (χ1v) is 9.30. The van der Waals surface area contributed by atoms with Crippen LogP contribution in [0.3, 0.4) is 0 Å². The Morgan fingerprint density at radius 1 is 1.17 bits per heavy atom. The molecule has 1 saturated heterocycles. The van der Waals surface area contributed by atoms with E-state index in [0.29, 0.717) is 18.9 Å². The lowest BCUT2D eigenvalue weighted by Gasteiger charge is -2.34. The summed E-state index contributed by atoms with van der Waals surface area (Å²) in [5, 5.41) is 16.4. The molecular weight excluding hydrogens is 376 g/mol. The topological polar surface area (TPSA) is 87.5 Å². The second kappa shape index (κ2) is 7.55. The Labute approximate surface area is 149 Å². The van der Waals surface area contributed by atoms with Gasteiger partial charge in [-0.15, -0.1) is 0 Å². The van der Waals surface area contributed by atoms with Crippen molar-refractivity contribution in [2.75, 3.05) is 13.1 Å². The second-order valence-electron chi connectivity index (χ2n) is 6.69. The van der Waals surface area contributed by atoms with Crippen molar-refractivity contribution >= 4 is 27.9 Å². The van der Waals surface area contributed by atoms with Gasteiger partial charge in [-0.3, -0.25) is 9.48 Å². The number of hydrogen-bond acceptors (Lipinski definition) is 3. The number of carbonyl (C=O) groups excluding carboxylic acids is 1. The Kier molecular flexibility index (Phi) is 5.43. The molecule has 7 nitrogen and oxygen atoms in total. The monoisotopic (exact) mass is 398 g/mol. The molecule has 2 N–H and O–H groups in total. The molecule has 2 heterocycles. The summed E-state index contributed by atoms with van der Waals surface area (Å²) in [5.41, 5.74) is 0. The van der Waals surface area contributed by atoms with E-state index in [1.165, 1.54) is 0 Å². The molecule has 1 aliphatic heterocycles. The number of carbonyl (C=O) groups is 2. The second-order valence-corrected chi connectivity index (χ2v) is 7.61. The number of piperidine rings is 1. The van der Waals surface area contributed by atoms with Crippen molar-refractivity contribution < 1.29 is 14.7 Å². The Balaban J connectivity index is 1.43. The van der Waals surface area contributed by atoms with Gasteiger partial charge in [0.05, 0.1) is 22.6 Å². The van der Waals surface area contributed by atoms with Crippen molar-refractivity contribution in [1.29, 1.82) is 0 Å². The molecule has 1 saturated carbocycles. The van der Waals surface area contributed by atoms with Gasteiger partial charge in [0.2, 0.25) is 0 Å². The average molecular weight is 399 g/mol. The lowest BCUT2D eigenvalue weighted by Crippen LogP contribution is -2.49. The van der Waals surface area contributed by atoms with Crippen LogP contribution < -0.4 is 5.32 Å². The van der Waals surface area contributed by atoms with Gasteiger partial charge in [-0.2, -0.15) is 5.10 Å². The van der Waals surface area contributed by atoms with Crippen molar-refractivity contribution in [2.24, 2.45) is 5.92 Å². The van der Waals surface area contributed by atoms with Crippen molar-refractivity contribution in [3.05, 3.63) is 16.9 Å². The number of amides is 2. The van der Waals surface area contributed by atoms with E-state index in [1.54, 1.807) is 6.20 Å². The van der Waals surface area contributed by atoms with Crippen LogP contribution in [-0.2, 0) is 4.79 Å². The van der Waals surface area contributed by atoms with Gasteiger partial charge in [0.25, 0.3) is 0 Å². The van der Waals surface area contributed by atoms with Crippen LogP contribution in [0.1, 0.15) is 44.6 Å². The molecule has 2 aliphatic rings. The molecule has 8 heteroatoms. The number of likely N-dealkylation sites (tertiary alicyclic amines) is 1. The normalized spacial score (nSPS) is 25.5. The van der Waals surface area contributed by atoms with Gasteiger partial charge in [0.15, 0.2) is 0 Å². The van der Waals surface area contributed by atoms with Crippen LogP contribution in [0.2, 0.25) is 0 Å². The van der Waals surface area contributed by atoms with Crippen LogP contribution >= 0.6 is 15.9 Å². The highest BCUT2D eigenvalue weighted by Gasteiger charge is 2.29. The van der Waals surface area contributed by atoms with E-state index in [2.05, 4.69) is 26.3 Å². The summed E-state index contributed by atoms with van der Waals surface area (Å²) in [5.74, 6) is -0.964. The van der Waals surface area contributed by atoms with Crippen LogP contribution in [-0.4, -0.2) is 50.9 Å². The highest BCUT2D eigenvalue weighted by molar-refractivity contribution is 9.10. The van der Waals surface area contributed by atoms with Gasteiger partial charge in [-0.25, -0.2) is 4.79 Å². The minimum absolute atomic E-state index is 0.0196. The third kappa shape index (κ3) is 4.09. The highest BCUT2D eigenvalue weighted by Crippen LogP contribution is 2.26. The van der Waals surface area contributed by atoms with Gasteiger partial charge < -0.3 is 15.3 Å². The number of carboxylic acids is 1. The number of aliphatic carboxylic acids is 1. The van der Waals surface area contributed by atoms with Crippen molar-refractivity contribution in [1.82, 2.24) is 20.0 Å². The van der Waals surface area contributed by atoms with Crippen molar-refractivity contribution in [2.45, 2.75) is 50.6 Å². The van der Waals surface area contributed by atoms with E-state index in [0.717, 1.165) is 43.2 Å². The van der Waals surface area contributed by atoms with Crippen LogP contribution in [0.4, 0.5) is 4.79 Å². The number of aromatic nitrogens is 2. The third-order valence-electron chi connectivity index (χ3n) is 5.10. The zero-order chi connectivity index (χ0) is 17.1. The molecule has 1 aromatic heterocycles. The van der Waals surface area contributed by atoms with Gasteiger partial charge in [0.1, 0.15) is 0 Å². The molecule has 24 heavy (non-hydrogen) atoms. The standard InChI is InChI=1S/C16H23BrN4O3/c17-12-9-18-21(10-12)14-5-7-20(8-6-14)16(24)19-13-3-1-11(2-4-13)15(22)23/h9-11,13-14H,1-8H2,(H,19,24)(H,22,23). The fourth-order valence-corrected chi connectivity index (χ4v) is 3.90. The summed E-state index contributed by atoms with van der Waals surface area (Å²) in [4.78, 5) is 25.2. The molecule has 3 rings (SSSR count). The van der Waals surface area contributed by atoms with Gasteiger partial charge in [-0.05, 0) is 54.5 Å². The molecule has 0 atom stereocenters. The zero-order valence-electron chi connectivity index (χ0n) is 13.5. The number of carboxylic acid groups (broad SMARTS) is 1. The number of halogens is 1. The van der Waals surface area contributed by atoms with Crippen LogP contribution in [0.5, 0.6) is 0 Å². The molecular formula is C16H23BrN4O3. The highest BCUT2D eigenvalue weighted by atomic mass is 79.9. The fraction of sp³-hybridized carbons (Fsp3) is 0.688. The first kappa shape index (κ1) is 17.3. The van der Waals surface area contributed by atoms with Gasteiger partial charge in [0, 0.05) is 25.3 Å². The maximum absolute atomic E-state index is 12.4. The lowest BCUT2D eigenvalue weighted by molar-refractivity contribution is -0.142. The van der Waals surface area contributed by atoms with E-state index < -0.39 is 5.97 Å². The van der Waals surface area contributed by atoms with E-state index in [9.17, 15) is 9.59 Å². The largest absolute Gasteiger partial charge is 0.481 e. The predicted octanol–water partition coefficient (Wildman–Crippen LogP) is 2.64. The number of nitrogens with one attached hydrogen (secondary N) is 1. The van der Waals surface area contributed by atoms with Crippen LogP contribution in [0.15, 0.2) is 16.9 Å². The first-order valence-electron chi connectivity index (χ1n) is 8.51. The number of hydrogen-bond donors (Lipinski definition) is 2. The minimum Gasteiger partial charge on any atom is -0.481 e. The minimum atomic E-state index is -0.716. The summed E-state index contributed by atoms with van der Waals surface area (Å²) in [6, 6.07) is 0.424. The molecule has 1 aliphatic carbocycles. The molecule has 1 aromatic rings. The molecule has 132 valence electrons. The van der Waals surface area contributed by atoms with E-state index in [1.807, 2.05) is 15.8 Å². The molecule has 2 fully saturated rings. The lowest BCUT2D eigenvalue weighted by atomic mass is 9.86. The zero-order valence-corrected chi connectivity index (χ0v) is 15.1. The maximum atomic E-state index is 12.4. The van der Waals surface area contributed by atoms with E-state index in [4.69, 9.17) is 5.11 Å². The van der Waals surface area contributed by atoms with E-state index >= 15 is 0 Å². The number of urea groups is 1. The van der Waals surface area contributed by atoms with Gasteiger partial charge >= 0.3 is 12.0 Å². The van der Waals surface area contributed by atoms with Crippen molar-refractivity contribution in [3.63, 3.8) is 0 Å². The summed E-state index contributed by atoms with van der Waals surface area (Å²) < 4.78 is 2.94. The Morgan fingerprint density at radius 2 is 1.83 bits per heavy atom. The quantitative estimate of drug-likeness (QED) is 0.818. The molecule has 2 amide bonds. The molecule has 0 bridgehead atoms. The Bertz CT molecular complexity index is 590. The van der Waals surface area contributed by atoms with Gasteiger partial charge in [-0.1, -0.05) is 0 Å². The summed E-state index contributed by atoms with van der Waals surface area (Å²) in [6.45, 7) is 1.44. The van der Waals surface area contributed by atoms with E-state index in [-0.39, 0.29) is 18.0 Å². The Morgan fingerprint density at radius 3 is 2.38 bits per heavy atom. The number of nitrogens with zero attached hydrogens (tertiary/aromatic N) is 3. The molecule has 0 aromatic carbocycles. The third-order valence-corrected chi connectivity index (χ3v) is 5.51. The smallest absolute Gasteiger partial charge is 0.317 e. The number of rotatable bonds is 3. The average Bonchev–Trinajstić information content (AvgIpc) is 3.02. The first-order chi connectivity index (χ1) is 11.5. The van der Waals surface area contributed by atoms with Crippen LogP contribution in [0.25, 0.3) is 0 Å². The van der Waals surface area contributed by atoms with Crippen LogP contribution in [0, 0.1) is 5.92 Å². The molecule has 0 radical (unpaired) electrons. The SMILES string of the molecule is O=C(O)C1CCC(NC(=O)N2CCC(n3cc(Br)cn3)CC2)CC1. The fourth-order valence-electron chi connectivity index (χ4n) is 3.60. The van der Waals surface area contributed by atoms with Crippen molar-refractivity contribution in [3.8, 4) is 0 Å². The maximum Gasteiger partial charge on any atom is 0.317 e. The molecule has 0 unspecified atom stereocenters.